The lowest BCUT2D eigenvalue weighted by molar-refractivity contribution is -0.870. The van der Waals surface area contributed by atoms with Crippen molar-refractivity contribution in [3.05, 3.63) is 85.1 Å². The topological polar surface area (TPSA) is 105 Å². The van der Waals surface area contributed by atoms with Gasteiger partial charge in [0.15, 0.2) is 0 Å². The van der Waals surface area contributed by atoms with E-state index in [4.69, 9.17) is 9.05 Å². The molecule has 0 aliphatic heterocycles. The van der Waals surface area contributed by atoms with Crippen LogP contribution in [-0.2, 0) is 18.4 Å². The van der Waals surface area contributed by atoms with Crippen molar-refractivity contribution >= 4 is 13.7 Å². The summed E-state index contributed by atoms with van der Waals surface area (Å²) in [4.78, 5) is 23.4. The molecule has 0 radical (unpaired) electrons. The molecule has 442 valence electrons. The fourth-order valence-corrected chi connectivity index (χ4v) is 9.94. The van der Waals surface area contributed by atoms with Gasteiger partial charge in [0.2, 0.25) is 5.91 Å². The highest BCUT2D eigenvalue weighted by Crippen LogP contribution is 2.43. The van der Waals surface area contributed by atoms with Crippen LogP contribution in [0.1, 0.15) is 284 Å². The molecule has 0 aromatic heterocycles. The van der Waals surface area contributed by atoms with E-state index in [2.05, 4.69) is 104 Å². The van der Waals surface area contributed by atoms with Gasteiger partial charge in [0.25, 0.3) is 0 Å². The molecule has 0 spiro atoms. The number of carbonyl (C=O) groups is 1. The van der Waals surface area contributed by atoms with Gasteiger partial charge in [-0.3, -0.25) is 13.8 Å². The minimum absolute atomic E-state index is 0.0665. The van der Waals surface area contributed by atoms with Gasteiger partial charge in [-0.05, 0) is 70.6 Å². The van der Waals surface area contributed by atoms with E-state index in [1.165, 1.54) is 154 Å². The molecule has 9 heteroatoms. The number of amides is 1. The number of hydrogen-bond acceptors (Lipinski definition) is 5. The Morgan fingerprint density at radius 3 is 1.16 bits per heavy atom. The molecule has 3 N–H and O–H groups in total. The van der Waals surface area contributed by atoms with E-state index < -0.39 is 20.0 Å². The van der Waals surface area contributed by atoms with E-state index in [1.54, 1.807) is 0 Å². The molecule has 0 aliphatic carbocycles. The molecule has 0 aromatic carbocycles. The number of nitrogens with one attached hydrogen (secondary N) is 1. The largest absolute Gasteiger partial charge is 0.472 e. The number of quaternary nitrogens is 1. The Bertz CT molecular complexity index is 1510. The highest BCUT2D eigenvalue weighted by Gasteiger charge is 2.28. The van der Waals surface area contributed by atoms with Crippen molar-refractivity contribution in [1.82, 2.24) is 5.32 Å². The Morgan fingerprint density at radius 1 is 0.461 bits per heavy atom. The summed E-state index contributed by atoms with van der Waals surface area (Å²) >= 11 is 0. The van der Waals surface area contributed by atoms with Gasteiger partial charge < -0.3 is 19.8 Å². The number of aliphatic hydroxyl groups is 1. The first-order valence-electron chi connectivity index (χ1n) is 32.0. The molecule has 76 heavy (non-hydrogen) atoms. The molecule has 8 nitrogen and oxygen atoms in total. The van der Waals surface area contributed by atoms with Crippen molar-refractivity contribution < 1.29 is 32.9 Å². The van der Waals surface area contributed by atoms with Crippen molar-refractivity contribution in [3.63, 3.8) is 0 Å². The first-order chi connectivity index (χ1) is 37.0. The van der Waals surface area contributed by atoms with E-state index in [-0.39, 0.29) is 19.1 Å². The third-order valence-electron chi connectivity index (χ3n) is 14.2. The second-order valence-electron chi connectivity index (χ2n) is 22.8. The van der Waals surface area contributed by atoms with Crippen LogP contribution in [-0.4, -0.2) is 73.4 Å². The normalized spacial score (nSPS) is 14.4. The summed E-state index contributed by atoms with van der Waals surface area (Å²) in [6.45, 7) is 4.78. The molecule has 1 amide bonds. The van der Waals surface area contributed by atoms with E-state index in [1.807, 2.05) is 21.1 Å². The SMILES string of the molecule is CC/C=C\C/C=C\C/C=C\C/C=C\C/C=C\C/C=C\C/C=C\CCCCCCCC(=O)NC(COP(=O)(O)OCC[N+](C)(C)C)C(O)CCCCCCCCCCCCCCCCCCCCCCCCCCCCC. The van der Waals surface area contributed by atoms with Gasteiger partial charge in [0.05, 0.1) is 39.9 Å². The van der Waals surface area contributed by atoms with E-state index in [0.29, 0.717) is 23.9 Å². The molecule has 0 aliphatic rings. The Hall–Kier alpha value is -2.32. The van der Waals surface area contributed by atoms with E-state index >= 15 is 0 Å². The summed E-state index contributed by atoms with van der Waals surface area (Å²) < 4.78 is 23.8. The molecule has 0 heterocycles. The van der Waals surface area contributed by atoms with Crippen molar-refractivity contribution in [3.8, 4) is 0 Å². The number of carbonyl (C=O) groups excluding carboxylic acids is 1. The fourth-order valence-electron chi connectivity index (χ4n) is 9.21. The van der Waals surface area contributed by atoms with Crippen LogP contribution in [0.25, 0.3) is 0 Å². The number of likely N-dealkylation sites (N-methyl/N-ethyl adjacent to an activating group) is 1. The highest BCUT2D eigenvalue weighted by atomic mass is 31.2. The summed E-state index contributed by atoms with van der Waals surface area (Å²) in [6, 6.07) is -0.779. The summed E-state index contributed by atoms with van der Waals surface area (Å²) in [5.41, 5.74) is 0. The number of aliphatic hydroxyl groups excluding tert-OH is 1. The Balaban J connectivity index is 4.18. The number of allylic oxidation sites excluding steroid dienone is 14. The highest BCUT2D eigenvalue weighted by molar-refractivity contribution is 7.47. The molecular formula is C67H124N2O6P+. The van der Waals surface area contributed by atoms with Crippen molar-refractivity contribution in [1.29, 1.82) is 0 Å². The predicted octanol–water partition coefficient (Wildman–Crippen LogP) is 20.0. The monoisotopic (exact) mass is 1080 g/mol. The summed E-state index contributed by atoms with van der Waals surface area (Å²) in [5.74, 6) is -0.163. The van der Waals surface area contributed by atoms with Crippen molar-refractivity contribution in [2.75, 3.05) is 40.9 Å². The number of unbranched alkanes of at least 4 members (excludes halogenated alkanes) is 31. The van der Waals surface area contributed by atoms with E-state index in [0.717, 1.165) is 103 Å². The maximum absolute atomic E-state index is 13.0. The van der Waals surface area contributed by atoms with Crippen molar-refractivity contribution in [2.24, 2.45) is 0 Å². The zero-order chi connectivity index (χ0) is 55.6. The molecule has 0 fully saturated rings. The van der Waals surface area contributed by atoms with Crippen LogP contribution >= 0.6 is 7.82 Å². The van der Waals surface area contributed by atoms with Gasteiger partial charge in [-0.15, -0.1) is 0 Å². The zero-order valence-corrected chi connectivity index (χ0v) is 51.4. The van der Waals surface area contributed by atoms with Crippen LogP contribution in [0.15, 0.2) is 85.1 Å². The first kappa shape index (κ1) is 73.7. The van der Waals surface area contributed by atoms with Gasteiger partial charge in [0.1, 0.15) is 13.2 Å². The third kappa shape index (κ3) is 59.3. The molecular weight excluding hydrogens is 960 g/mol. The van der Waals surface area contributed by atoms with Gasteiger partial charge in [-0.25, -0.2) is 4.57 Å². The van der Waals surface area contributed by atoms with Gasteiger partial charge in [0, 0.05) is 6.42 Å². The van der Waals surface area contributed by atoms with Crippen LogP contribution in [0, 0.1) is 0 Å². The summed E-state index contributed by atoms with van der Waals surface area (Å²) in [6.07, 6.45) is 80.9. The Kier molecular flexibility index (Phi) is 55.6. The average molecular weight is 1080 g/mol. The minimum Gasteiger partial charge on any atom is -0.391 e. The predicted molar refractivity (Wildman–Crippen MR) is 332 cm³/mol. The lowest BCUT2D eigenvalue weighted by Gasteiger charge is -2.26. The zero-order valence-electron chi connectivity index (χ0n) is 50.5. The summed E-state index contributed by atoms with van der Waals surface area (Å²) in [7, 11) is 1.60. The smallest absolute Gasteiger partial charge is 0.391 e. The molecule has 3 unspecified atom stereocenters. The molecule has 0 saturated heterocycles. The quantitative estimate of drug-likeness (QED) is 0.0243. The number of rotatable bonds is 58. The average Bonchev–Trinajstić information content (AvgIpc) is 3.38. The maximum atomic E-state index is 13.0. The second kappa shape index (κ2) is 57.4. The van der Waals surface area contributed by atoms with Crippen LogP contribution in [0.5, 0.6) is 0 Å². The molecule has 0 bridgehead atoms. The first-order valence-corrected chi connectivity index (χ1v) is 33.4. The lowest BCUT2D eigenvalue weighted by Crippen LogP contribution is -2.46. The van der Waals surface area contributed by atoms with Crippen LogP contribution in [0.2, 0.25) is 0 Å². The Labute approximate surface area is 471 Å². The van der Waals surface area contributed by atoms with Gasteiger partial charge in [-0.1, -0.05) is 292 Å². The third-order valence-corrected chi connectivity index (χ3v) is 15.1. The lowest BCUT2D eigenvalue weighted by atomic mass is 10.0. The van der Waals surface area contributed by atoms with Crippen LogP contribution in [0.4, 0.5) is 0 Å². The Morgan fingerprint density at radius 2 is 0.789 bits per heavy atom. The molecule has 0 rings (SSSR count). The van der Waals surface area contributed by atoms with Gasteiger partial charge >= 0.3 is 7.82 Å². The standard InChI is InChI=1S/C67H123N2O6P/c1-6-8-10-12-14-16-18-20-22-24-26-28-30-32-34-36-38-40-42-44-46-48-50-52-54-56-58-60-66(70)65(64-75-76(72,73)74-63-62-69(3,4)5)68-67(71)61-59-57-55-53-51-49-47-45-43-41-39-37-35-33-31-29-27-25-23-21-19-17-15-13-11-9-7-2/h9,11,15,17,21,23,27,29,33,35,39,41,45,47,65-66,70H,6-8,10,12-14,16,18-20,22,24-26,28,30-32,34,36-38,40,42-44,46,48-64H2,1-5H3,(H-,68,71,72,73)/p+1/b11-9-,17-15-,23-21-,29-27-,35-33-,41-39-,47-45-. The van der Waals surface area contributed by atoms with Crippen LogP contribution < -0.4 is 5.32 Å². The number of nitrogens with zero attached hydrogens (tertiary/aromatic N) is 1. The molecule has 0 saturated carbocycles. The number of phosphoric acid groups is 1. The fraction of sp³-hybridized carbons (Fsp3) is 0.776. The maximum Gasteiger partial charge on any atom is 0.472 e. The van der Waals surface area contributed by atoms with Crippen LogP contribution in [0.3, 0.4) is 0 Å². The number of hydrogen-bond donors (Lipinski definition) is 3. The minimum atomic E-state index is -4.34. The van der Waals surface area contributed by atoms with Crippen molar-refractivity contribution in [2.45, 2.75) is 296 Å². The number of phosphoric ester groups is 1. The van der Waals surface area contributed by atoms with E-state index in [9.17, 15) is 19.4 Å². The second-order valence-corrected chi connectivity index (χ2v) is 24.2. The molecule has 0 aromatic rings. The summed E-state index contributed by atoms with van der Waals surface area (Å²) in [5, 5.41) is 14.1. The van der Waals surface area contributed by atoms with Gasteiger partial charge in [-0.2, -0.15) is 0 Å². The molecule has 3 atom stereocenters.